The van der Waals surface area contributed by atoms with E-state index in [1.54, 1.807) is 0 Å². The Morgan fingerprint density at radius 3 is 2.20 bits per heavy atom. The average molecular weight is 273 g/mol. The fourth-order valence-electron chi connectivity index (χ4n) is 3.79. The van der Waals surface area contributed by atoms with Crippen LogP contribution in [0.3, 0.4) is 0 Å². The smallest absolute Gasteiger partial charge is 0.337 e. The van der Waals surface area contributed by atoms with Crippen LogP contribution in [0.1, 0.15) is 48.9 Å². The second-order valence-corrected chi connectivity index (χ2v) is 6.23. The molecule has 0 radical (unpaired) electrons. The third kappa shape index (κ3) is 2.54. The van der Waals surface area contributed by atoms with Crippen molar-refractivity contribution in [2.45, 2.75) is 38.5 Å². The Morgan fingerprint density at radius 2 is 1.65 bits per heavy atom. The number of rotatable bonds is 2. The third-order valence-corrected chi connectivity index (χ3v) is 5.14. The first-order valence-electron chi connectivity index (χ1n) is 7.66. The summed E-state index contributed by atoms with van der Waals surface area (Å²) in [5.74, 6) is -0.264. The zero-order chi connectivity index (χ0) is 14.0. The van der Waals surface area contributed by atoms with Gasteiger partial charge >= 0.3 is 5.97 Å². The van der Waals surface area contributed by atoms with Crippen molar-refractivity contribution in [2.24, 2.45) is 5.41 Å². The van der Waals surface area contributed by atoms with Gasteiger partial charge in [0.05, 0.1) is 12.7 Å². The summed E-state index contributed by atoms with van der Waals surface area (Å²) in [4.78, 5) is 13.9. The van der Waals surface area contributed by atoms with Crippen LogP contribution in [0, 0.1) is 5.41 Å². The highest BCUT2D eigenvalue weighted by atomic mass is 16.5. The Balaban J connectivity index is 1.64. The molecule has 3 heteroatoms. The monoisotopic (exact) mass is 273 g/mol. The molecule has 1 aromatic carbocycles. The van der Waals surface area contributed by atoms with Gasteiger partial charge in [-0.25, -0.2) is 4.79 Å². The molecule has 3 nitrogen and oxygen atoms in total. The summed E-state index contributed by atoms with van der Waals surface area (Å²) in [6.45, 7) is 2.30. The summed E-state index contributed by atoms with van der Waals surface area (Å²) < 4.78 is 4.73. The zero-order valence-electron chi connectivity index (χ0n) is 12.2. The maximum absolute atomic E-state index is 11.4. The quantitative estimate of drug-likeness (QED) is 0.771. The van der Waals surface area contributed by atoms with Gasteiger partial charge in [0, 0.05) is 18.8 Å². The van der Waals surface area contributed by atoms with Gasteiger partial charge in [-0.2, -0.15) is 0 Å². The van der Waals surface area contributed by atoms with E-state index in [2.05, 4.69) is 4.90 Å². The van der Waals surface area contributed by atoms with Gasteiger partial charge in [0.25, 0.3) is 0 Å². The van der Waals surface area contributed by atoms with Crippen LogP contribution in [0.5, 0.6) is 0 Å². The molecule has 20 heavy (non-hydrogen) atoms. The molecule has 1 aliphatic heterocycles. The molecule has 1 aromatic rings. The lowest BCUT2D eigenvalue weighted by Gasteiger charge is -2.40. The SMILES string of the molecule is COC(=O)c1ccc(N2CCC3(CCCC3)CC2)cc1. The third-order valence-electron chi connectivity index (χ3n) is 5.14. The molecule has 1 aliphatic carbocycles. The minimum atomic E-state index is -0.264. The van der Waals surface area contributed by atoms with Crippen LogP contribution >= 0.6 is 0 Å². The standard InChI is InChI=1S/C17H23NO2/c1-20-16(19)14-4-6-15(7-5-14)18-12-10-17(11-13-18)8-2-3-9-17/h4-7H,2-3,8-13H2,1H3. The number of methoxy groups -OCH3 is 1. The number of ether oxygens (including phenoxy) is 1. The van der Waals surface area contributed by atoms with Crippen LogP contribution in [0.25, 0.3) is 0 Å². The van der Waals surface area contributed by atoms with E-state index in [9.17, 15) is 4.79 Å². The molecule has 0 atom stereocenters. The highest BCUT2D eigenvalue weighted by molar-refractivity contribution is 5.89. The number of hydrogen-bond donors (Lipinski definition) is 0. The maximum atomic E-state index is 11.4. The number of benzene rings is 1. The van der Waals surface area contributed by atoms with E-state index in [4.69, 9.17) is 4.74 Å². The number of piperidine rings is 1. The molecule has 0 aromatic heterocycles. The van der Waals surface area contributed by atoms with Gasteiger partial charge in [-0.05, 0) is 55.4 Å². The lowest BCUT2D eigenvalue weighted by molar-refractivity contribution is 0.0601. The summed E-state index contributed by atoms with van der Waals surface area (Å²) in [5.41, 5.74) is 2.51. The van der Waals surface area contributed by atoms with Gasteiger partial charge in [-0.15, -0.1) is 0 Å². The zero-order valence-corrected chi connectivity index (χ0v) is 12.2. The average Bonchev–Trinajstić information content (AvgIpc) is 2.96. The molecule has 0 unspecified atom stereocenters. The van der Waals surface area contributed by atoms with Crippen LogP contribution in [0.2, 0.25) is 0 Å². The molecule has 2 fully saturated rings. The first kappa shape index (κ1) is 13.5. The number of anilines is 1. The Bertz CT molecular complexity index is 464. The summed E-state index contributed by atoms with van der Waals surface area (Å²) in [6.07, 6.45) is 8.36. The van der Waals surface area contributed by atoms with E-state index in [0.29, 0.717) is 11.0 Å². The fourth-order valence-corrected chi connectivity index (χ4v) is 3.79. The van der Waals surface area contributed by atoms with Crippen LogP contribution in [-0.4, -0.2) is 26.2 Å². The van der Waals surface area contributed by atoms with E-state index >= 15 is 0 Å². The van der Waals surface area contributed by atoms with Crippen molar-refractivity contribution in [3.63, 3.8) is 0 Å². The minimum absolute atomic E-state index is 0.264. The van der Waals surface area contributed by atoms with E-state index in [1.807, 2.05) is 24.3 Å². The maximum Gasteiger partial charge on any atom is 0.337 e. The van der Waals surface area contributed by atoms with Crippen LogP contribution in [-0.2, 0) is 4.74 Å². The number of nitrogens with zero attached hydrogens (tertiary/aromatic N) is 1. The van der Waals surface area contributed by atoms with Gasteiger partial charge in [-0.3, -0.25) is 0 Å². The van der Waals surface area contributed by atoms with E-state index in [0.717, 1.165) is 13.1 Å². The van der Waals surface area contributed by atoms with Crippen molar-refractivity contribution in [3.05, 3.63) is 29.8 Å². The molecule has 0 amide bonds. The molecule has 1 saturated carbocycles. The molecule has 2 aliphatic rings. The van der Waals surface area contributed by atoms with Crippen molar-refractivity contribution < 1.29 is 9.53 Å². The van der Waals surface area contributed by atoms with Crippen LogP contribution in [0.4, 0.5) is 5.69 Å². The van der Waals surface area contributed by atoms with Crippen molar-refractivity contribution in [3.8, 4) is 0 Å². The number of carbonyl (C=O) groups is 1. The topological polar surface area (TPSA) is 29.5 Å². The lowest BCUT2D eigenvalue weighted by Crippen LogP contribution is -2.38. The van der Waals surface area contributed by atoms with Gasteiger partial charge in [0.1, 0.15) is 0 Å². The van der Waals surface area contributed by atoms with E-state index < -0.39 is 0 Å². The predicted molar refractivity (Wildman–Crippen MR) is 80.1 cm³/mol. The van der Waals surface area contributed by atoms with Gasteiger partial charge < -0.3 is 9.64 Å². The van der Waals surface area contributed by atoms with Gasteiger partial charge in [-0.1, -0.05) is 12.8 Å². The molecule has 108 valence electrons. The van der Waals surface area contributed by atoms with Crippen molar-refractivity contribution in [2.75, 3.05) is 25.1 Å². The summed E-state index contributed by atoms with van der Waals surface area (Å²) in [5, 5.41) is 0. The Hall–Kier alpha value is -1.51. The van der Waals surface area contributed by atoms with E-state index in [1.165, 1.54) is 51.3 Å². The van der Waals surface area contributed by atoms with Crippen molar-refractivity contribution in [1.29, 1.82) is 0 Å². The Morgan fingerprint density at radius 1 is 1.05 bits per heavy atom. The second-order valence-electron chi connectivity index (χ2n) is 6.23. The Labute approximate surface area is 120 Å². The highest BCUT2D eigenvalue weighted by Crippen LogP contribution is 2.46. The molecule has 1 spiro atoms. The molecule has 0 bridgehead atoms. The first-order chi connectivity index (χ1) is 9.72. The molecule has 0 N–H and O–H groups in total. The normalized spacial score (nSPS) is 21.1. The Kier molecular flexibility index (Phi) is 3.68. The van der Waals surface area contributed by atoms with Crippen LogP contribution < -0.4 is 4.90 Å². The molecular formula is C17H23NO2. The largest absolute Gasteiger partial charge is 0.465 e. The lowest BCUT2D eigenvalue weighted by atomic mass is 9.77. The summed E-state index contributed by atoms with van der Waals surface area (Å²) in [6, 6.07) is 7.81. The first-order valence-corrected chi connectivity index (χ1v) is 7.66. The molecule has 1 saturated heterocycles. The van der Waals surface area contributed by atoms with Gasteiger partial charge in [0.2, 0.25) is 0 Å². The van der Waals surface area contributed by atoms with Crippen LogP contribution in [0.15, 0.2) is 24.3 Å². The number of esters is 1. The second kappa shape index (κ2) is 5.47. The number of carbonyl (C=O) groups excluding carboxylic acids is 1. The molecule has 3 rings (SSSR count). The summed E-state index contributed by atoms with van der Waals surface area (Å²) >= 11 is 0. The van der Waals surface area contributed by atoms with Crippen molar-refractivity contribution >= 4 is 11.7 Å². The minimum Gasteiger partial charge on any atom is -0.465 e. The molecule has 1 heterocycles. The fraction of sp³-hybridized carbons (Fsp3) is 0.588. The molecular weight excluding hydrogens is 250 g/mol. The van der Waals surface area contributed by atoms with Crippen molar-refractivity contribution in [1.82, 2.24) is 0 Å². The van der Waals surface area contributed by atoms with Gasteiger partial charge in [0.15, 0.2) is 0 Å². The van der Waals surface area contributed by atoms with E-state index in [-0.39, 0.29) is 5.97 Å². The highest BCUT2D eigenvalue weighted by Gasteiger charge is 2.36. The predicted octanol–water partition coefficient (Wildman–Crippen LogP) is 3.63. The summed E-state index contributed by atoms with van der Waals surface area (Å²) in [7, 11) is 1.42. The number of hydrogen-bond acceptors (Lipinski definition) is 3.